The number of rotatable bonds is 6. The minimum atomic E-state index is -3.81. The van der Waals surface area contributed by atoms with Crippen molar-refractivity contribution < 1.29 is 17.2 Å². The number of aromatic nitrogens is 1. The van der Waals surface area contributed by atoms with E-state index in [2.05, 4.69) is 4.98 Å². The second-order valence-electron chi connectivity index (χ2n) is 5.17. The molecule has 0 amide bonds. The van der Waals surface area contributed by atoms with E-state index >= 15 is 0 Å². The summed E-state index contributed by atoms with van der Waals surface area (Å²) < 4.78 is 45.5. The van der Waals surface area contributed by atoms with Crippen molar-refractivity contribution in [2.24, 2.45) is 0 Å². The summed E-state index contributed by atoms with van der Waals surface area (Å²) in [6.45, 7) is 0.204. The summed E-state index contributed by atoms with van der Waals surface area (Å²) in [6.07, 6.45) is 4.71. The summed E-state index contributed by atoms with van der Waals surface area (Å²) in [5.74, 6) is 0.0309. The van der Waals surface area contributed by atoms with Crippen LogP contribution in [0.3, 0.4) is 0 Å². The molecular weight excluding hydrogens is 331 g/mol. The summed E-state index contributed by atoms with van der Waals surface area (Å²) in [5.41, 5.74) is 0.745. The molecule has 0 aliphatic rings. The van der Waals surface area contributed by atoms with E-state index < -0.39 is 15.8 Å². The maximum absolute atomic E-state index is 13.1. The number of halogens is 1. The molecule has 0 fully saturated rings. The first-order valence-corrected chi connectivity index (χ1v) is 8.67. The number of pyridine rings is 1. The molecule has 0 unspecified atom stereocenters. The van der Waals surface area contributed by atoms with Crippen molar-refractivity contribution in [1.29, 1.82) is 0 Å². The van der Waals surface area contributed by atoms with Crippen molar-refractivity contribution in [2.75, 3.05) is 0 Å². The van der Waals surface area contributed by atoms with Gasteiger partial charge in [-0.1, -0.05) is 6.07 Å². The molecule has 24 heavy (non-hydrogen) atoms. The Morgan fingerprint density at radius 1 is 1.04 bits per heavy atom. The highest BCUT2D eigenvalue weighted by atomic mass is 32.2. The third kappa shape index (κ3) is 3.69. The summed E-state index contributed by atoms with van der Waals surface area (Å²) in [7, 11) is -3.81. The molecule has 0 aliphatic heterocycles. The molecular formula is C17H15FN2O3S. The van der Waals surface area contributed by atoms with Crippen LogP contribution in [0.4, 0.5) is 4.39 Å². The zero-order valence-corrected chi connectivity index (χ0v) is 13.5. The van der Waals surface area contributed by atoms with Gasteiger partial charge in [-0.2, -0.15) is 4.31 Å². The van der Waals surface area contributed by atoms with Crippen LogP contribution in [0.5, 0.6) is 0 Å². The summed E-state index contributed by atoms with van der Waals surface area (Å²) in [5, 5.41) is 0. The number of hydrogen-bond donors (Lipinski definition) is 0. The van der Waals surface area contributed by atoms with Gasteiger partial charge in [-0.05, 0) is 48.0 Å². The van der Waals surface area contributed by atoms with E-state index in [-0.39, 0.29) is 18.0 Å². The molecule has 124 valence electrons. The molecule has 2 heterocycles. The Kier molecular flexibility index (Phi) is 4.73. The van der Waals surface area contributed by atoms with Crippen molar-refractivity contribution in [3.05, 3.63) is 84.3 Å². The van der Waals surface area contributed by atoms with Crippen LogP contribution >= 0.6 is 0 Å². The van der Waals surface area contributed by atoms with Gasteiger partial charge in [-0.3, -0.25) is 4.98 Å². The van der Waals surface area contributed by atoms with E-state index in [1.165, 1.54) is 22.7 Å². The lowest BCUT2D eigenvalue weighted by atomic mass is 10.3. The summed E-state index contributed by atoms with van der Waals surface area (Å²) in [6, 6.07) is 11.7. The second-order valence-corrected chi connectivity index (χ2v) is 7.11. The molecule has 7 heteroatoms. The zero-order valence-electron chi connectivity index (χ0n) is 12.7. The van der Waals surface area contributed by atoms with Gasteiger partial charge in [-0.15, -0.1) is 0 Å². The van der Waals surface area contributed by atoms with Gasteiger partial charge in [0.25, 0.3) is 0 Å². The first kappa shape index (κ1) is 16.4. The minimum absolute atomic E-state index is 0.0272. The smallest absolute Gasteiger partial charge is 0.243 e. The van der Waals surface area contributed by atoms with Crippen LogP contribution < -0.4 is 0 Å². The Hall–Kier alpha value is -2.51. The number of hydrogen-bond acceptors (Lipinski definition) is 4. The maximum atomic E-state index is 13.1. The van der Waals surface area contributed by atoms with Gasteiger partial charge in [0.2, 0.25) is 10.0 Å². The third-order valence-electron chi connectivity index (χ3n) is 3.45. The largest absolute Gasteiger partial charge is 0.468 e. The molecule has 0 spiro atoms. The van der Waals surface area contributed by atoms with Gasteiger partial charge in [0.05, 0.1) is 17.7 Å². The van der Waals surface area contributed by atoms with Crippen LogP contribution in [0.2, 0.25) is 0 Å². The highest BCUT2D eigenvalue weighted by Gasteiger charge is 2.26. The first-order valence-electron chi connectivity index (χ1n) is 7.23. The average molecular weight is 346 g/mol. The first-order chi connectivity index (χ1) is 11.6. The number of benzene rings is 1. The molecule has 3 rings (SSSR count). The number of furan rings is 1. The molecule has 0 radical (unpaired) electrons. The average Bonchev–Trinajstić information content (AvgIpc) is 3.09. The van der Waals surface area contributed by atoms with Crippen molar-refractivity contribution >= 4 is 10.0 Å². The zero-order chi connectivity index (χ0) is 17.0. The minimum Gasteiger partial charge on any atom is -0.468 e. The molecule has 1 aromatic carbocycles. The van der Waals surface area contributed by atoms with E-state index in [9.17, 15) is 12.8 Å². The SMILES string of the molecule is O=S(=O)(c1ccc(F)cc1)N(Cc1cccnc1)Cc1ccco1. The van der Waals surface area contributed by atoms with E-state index in [4.69, 9.17) is 4.42 Å². The Bertz CT molecular complexity index is 879. The molecule has 0 saturated heterocycles. The van der Waals surface area contributed by atoms with E-state index in [0.29, 0.717) is 5.76 Å². The van der Waals surface area contributed by atoms with Gasteiger partial charge >= 0.3 is 0 Å². The number of nitrogens with zero attached hydrogens (tertiary/aromatic N) is 2. The van der Waals surface area contributed by atoms with E-state index in [0.717, 1.165) is 17.7 Å². The lowest BCUT2D eigenvalue weighted by Gasteiger charge is -2.21. The fraction of sp³-hybridized carbons (Fsp3) is 0.118. The topological polar surface area (TPSA) is 63.4 Å². The van der Waals surface area contributed by atoms with E-state index in [1.807, 2.05) is 0 Å². The van der Waals surface area contributed by atoms with Gasteiger partial charge in [0, 0.05) is 18.9 Å². The fourth-order valence-corrected chi connectivity index (χ4v) is 3.65. The maximum Gasteiger partial charge on any atom is 0.243 e. The van der Waals surface area contributed by atoms with Crippen LogP contribution in [-0.2, 0) is 23.1 Å². The Balaban J connectivity index is 1.94. The highest BCUT2D eigenvalue weighted by molar-refractivity contribution is 7.89. The van der Waals surface area contributed by atoms with Crippen molar-refractivity contribution in [3.8, 4) is 0 Å². The molecule has 2 aromatic heterocycles. The number of sulfonamides is 1. The van der Waals surface area contributed by atoms with Crippen LogP contribution in [-0.4, -0.2) is 17.7 Å². The standard InChI is InChI=1S/C17H15FN2O3S/c18-15-5-7-17(8-6-15)24(21,22)20(13-16-4-2-10-23-16)12-14-3-1-9-19-11-14/h1-11H,12-13H2. The molecule has 3 aromatic rings. The van der Waals surface area contributed by atoms with Crippen LogP contribution in [0.25, 0.3) is 0 Å². The Morgan fingerprint density at radius 3 is 2.46 bits per heavy atom. The molecule has 0 aliphatic carbocycles. The van der Waals surface area contributed by atoms with Gasteiger partial charge in [0.15, 0.2) is 0 Å². The molecule has 0 atom stereocenters. The highest BCUT2D eigenvalue weighted by Crippen LogP contribution is 2.21. The molecule has 0 bridgehead atoms. The second kappa shape index (κ2) is 6.94. The molecule has 0 saturated carbocycles. The van der Waals surface area contributed by atoms with Gasteiger partial charge in [-0.25, -0.2) is 12.8 Å². The lowest BCUT2D eigenvalue weighted by molar-refractivity contribution is 0.358. The predicted molar refractivity (Wildman–Crippen MR) is 85.8 cm³/mol. The van der Waals surface area contributed by atoms with Crippen LogP contribution in [0.15, 0.2) is 76.5 Å². The monoisotopic (exact) mass is 346 g/mol. The molecule has 5 nitrogen and oxygen atoms in total. The van der Waals surface area contributed by atoms with Gasteiger partial charge < -0.3 is 4.42 Å². The Morgan fingerprint density at radius 2 is 1.83 bits per heavy atom. The summed E-state index contributed by atoms with van der Waals surface area (Å²) in [4.78, 5) is 4.03. The summed E-state index contributed by atoms with van der Waals surface area (Å²) >= 11 is 0. The van der Waals surface area contributed by atoms with Crippen molar-refractivity contribution in [2.45, 2.75) is 18.0 Å². The fourth-order valence-electron chi connectivity index (χ4n) is 2.25. The van der Waals surface area contributed by atoms with Crippen LogP contribution in [0, 0.1) is 5.82 Å². The van der Waals surface area contributed by atoms with Crippen molar-refractivity contribution in [3.63, 3.8) is 0 Å². The van der Waals surface area contributed by atoms with E-state index in [1.54, 1.807) is 36.7 Å². The third-order valence-corrected chi connectivity index (χ3v) is 5.25. The van der Waals surface area contributed by atoms with Gasteiger partial charge in [0.1, 0.15) is 11.6 Å². The lowest BCUT2D eigenvalue weighted by Crippen LogP contribution is -2.30. The normalized spacial score (nSPS) is 11.8. The predicted octanol–water partition coefficient (Wildman–Crippen LogP) is 3.20. The van der Waals surface area contributed by atoms with Crippen molar-refractivity contribution in [1.82, 2.24) is 9.29 Å². The quantitative estimate of drug-likeness (QED) is 0.687. The Labute approximate surface area is 139 Å². The molecule has 0 N–H and O–H groups in total. The van der Waals surface area contributed by atoms with Crippen LogP contribution in [0.1, 0.15) is 11.3 Å².